The zero-order chi connectivity index (χ0) is 19.8. The minimum atomic E-state index is 0.107. The molecule has 1 N–H and O–H groups in total. The second kappa shape index (κ2) is 7.85. The van der Waals surface area contributed by atoms with Crippen LogP contribution in [-0.4, -0.2) is 70.2 Å². The Hall–Kier alpha value is -1.89. The molecule has 0 radical (unpaired) electrons. The Morgan fingerprint density at radius 3 is 2.82 bits per heavy atom. The number of fused-ring (bicyclic) bond motifs is 4. The molecule has 3 aliphatic heterocycles. The van der Waals surface area contributed by atoms with Crippen molar-refractivity contribution in [2.24, 2.45) is 18.9 Å². The van der Waals surface area contributed by atoms with Crippen LogP contribution in [0.2, 0.25) is 0 Å². The number of aryl methyl sites for hydroxylation is 2. The van der Waals surface area contributed by atoms with Crippen molar-refractivity contribution in [1.29, 1.82) is 0 Å². The Balaban J connectivity index is 1.27. The summed E-state index contributed by atoms with van der Waals surface area (Å²) in [6, 6.07) is 0.403. The summed E-state index contributed by atoms with van der Waals surface area (Å²) in [5, 5.41) is 7.53. The van der Waals surface area contributed by atoms with Gasteiger partial charge in [0.1, 0.15) is 0 Å². The molecule has 2 amide bonds. The minimum absolute atomic E-state index is 0.107. The van der Waals surface area contributed by atoms with Gasteiger partial charge >= 0.3 is 0 Å². The van der Waals surface area contributed by atoms with Gasteiger partial charge in [-0.3, -0.25) is 19.2 Å². The summed E-state index contributed by atoms with van der Waals surface area (Å²) in [5.74, 6) is 1.50. The van der Waals surface area contributed by atoms with E-state index in [-0.39, 0.29) is 5.91 Å². The molecule has 3 fully saturated rings. The number of nitrogens with one attached hydrogen (secondary N) is 1. The summed E-state index contributed by atoms with van der Waals surface area (Å²) in [7, 11) is 1.96. The van der Waals surface area contributed by atoms with Gasteiger partial charge in [-0.1, -0.05) is 0 Å². The lowest BCUT2D eigenvalue weighted by Crippen LogP contribution is -2.61. The van der Waals surface area contributed by atoms with Crippen LogP contribution < -0.4 is 5.32 Å². The monoisotopic (exact) mass is 387 g/mol. The first-order valence-electron chi connectivity index (χ1n) is 10.7. The molecule has 0 spiro atoms. The maximum absolute atomic E-state index is 12.5. The van der Waals surface area contributed by atoms with E-state index in [1.807, 2.05) is 18.7 Å². The Bertz CT molecular complexity index is 758. The molecule has 3 atom stereocenters. The molecule has 4 rings (SSSR count). The standard InChI is InChI=1S/C21H33N5O2/c1-14-18(15(2)24(3)23-14)7-8-22-20(27)13-25-10-16-9-17(12-25)19-5-4-6-21(28)26(19)11-16/h16-17,19H,4-13H2,1-3H3,(H,22,27)/t16?,17?,19-/m1/s1. The number of carbonyl (C=O) groups excluding carboxylic acids is 2. The maximum atomic E-state index is 12.5. The van der Waals surface area contributed by atoms with E-state index in [0.717, 1.165) is 51.0 Å². The molecule has 0 aliphatic carbocycles. The van der Waals surface area contributed by atoms with Crippen LogP contribution in [0.5, 0.6) is 0 Å². The fourth-order valence-electron chi connectivity index (χ4n) is 5.61. The van der Waals surface area contributed by atoms with Crippen LogP contribution in [0.3, 0.4) is 0 Å². The highest BCUT2D eigenvalue weighted by molar-refractivity contribution is 5.78. The Kier molecular flexibility index (Phi) is 5.45. The van der Waals surface area contributed by atoms with Crippen LogP contribution in [0.4, 0.5) is 0 Å². The third-order valence-electron chi connectivity index (χ3n) is 6.98. The summed E-state index contributed by atoms with van der Waals surface area (Å²) in [6.07, 6.45) is 4.91. The molecule has 7 nitrogen and oxygen atoms in total. The van der Waals surface area contributed by atoms with Crippen LogP contribution in [0, 0.1) is 25.7 Å². The van der Waals surface area contributed by atoms with Crippen LogP contribution in [-0.2, 0) is 23.1 Å². The number of carbonyl (C=O) groups is 2. The van der Waals surface area contributed by atoms with Crippen molar-refractivity contribution in [1.82, 2.24) is 24.9 Å². The quantitative estimate of drug-likeness (QED) is 0.819. The van der Waals surface area contributed by atoms with Crippen LogP contribution in [0.15, 0.2) is 0 Å². The summed E-state index contributed by atoms with van der Waals surface area (Å²) in [4.78, 5) is 29.2. The zero-order valence-corrected chi connectivity index (χ0v) is 17.4. The lowest BCUT2D eigenvalue weighted by molar-refractivity contribution is -0.145. The molecule has 28 heavy (non-hydrogen) atoms. The van der Waals surface area contributed by atoms with Gasteiger partial charge in [-0.2, -0.15) is 5.10 Å². The van der Waals surface area contributed by atoms with E-state index in [9.17, 15) is 9.59 Å². The number of nitrogens with zero attached hydrogens (tertiary/aromatic N) is 4. The van der Waals surface area contributed by atoms with Crippen molar-refractivity contribution in [3.8, 4) is 0 Å². The number of hydrogen-bond acceptors (Lipinski definition) is 4. The van der Waals surface area contributed by atoms with E-state index in [2.05, 4.69) is 27.1 Å². The number of aromatic nitrogens is 2. The highest BCUT2D eigenvalue weighted by Gasteiger charge is 2.43. The van der Waals surface area contributed by atoms with E-state index in [1.54, 1.807) is 0 Å². The van der Waals surface area contributed by atoms with Crippen LogP contribution >= 0.6 is 0 Å². The molecule has 7 heteroatoms. The smallest absolute Gasteiger partial charge is 0.234 e. The van der Waals surface area contributed by atoms with Gasteiger partial charge in [0.25, 0.3) is 0 Å². The van der Waals surface area contributed by atoms with Gasteiger partial charge in [-0.25, -0.2) is 0 Å². The highest BCUT2D eigenvalue weighted by atomic mass is 16.2. The van der Waals surface area contributed by atoms with Gasteiger partial charge in [0, 0.05) is 51.4 Å². The lowest BCUT2D eigenvalue weighted by atomic mass is 9.76. The average Bonchev–Trinajstić information content (AvgIpc) is 2.88. The van der Waals surface area contributed by atoms with E-state index in [0.29, 0.717) is 36.9 Å². The van der Waals surface area contributed by atoms with Crippen molar-refractivity contribution >= 4 is 11.8 Å². The van der Waals surface area contributed by atoms with Crippen LogP contribution in [0.1, 0.15) is 42.6 Å². The molecule has 0 aromatic carbocycles. The minimum Gasteiger partial charge on any atom is -0.355 e. The first kappa shape index (κ1) is 19.4. The Labute approximate surface area is 167 Å². The van der Waals surface area contributed by atoms with Crippen molar-refractivity contribution in [2.45, 2.75) is 52.0 Å². The lowest BCUT2D eigenvalue weighted by Gasteiger charge is -2.52. The van der Waals surface area contributed by atoms with E-state index >= 15 is 0 Å². The number of likely N-dealkylation sites (tertiary alicyclic amines) is 1. The fourth-order valence-corrected chi connectivity index (χ4v) is 5.61. The Morgan fingerprint density at radius 1 is 1.25 bits per heavy atom. The number of hydrogen-bond donors (Lipinski definition) is 1. The number of amides is 2. The topological polar surface area (TPSA) is 70.5 Å². The first-order chi connectivity index (χ1) is 13.4. The van der Waals surface area contributed by atoms with Gasteiger partial charge in [-0.05, 0) is 56.9 Å². The third kappa shape index (κ3) is 3.81. The second-order valence-corrected chi connectivity index (χ2v) is 8.93. The summed E-state index contributed by atoms with van der Waals surface area (Å²) in [5.41, 5.74) is 3.45. The van der Waals surface area contributed by atoms with Gasteiger partial charge in [0.05, 0.1) is 12.2 Å². The summed E-state index contributed by atoms with van der Waals surface area (Å²) in [6.45, 7) is 7.98. The van der Waals surface area contributed by atoms with Crippen molar-refractivity contribution < 1.29 is 9.59 Å². The molecule has 1 aromatic rings. The van der Waals surface area contributed by atoms with E-state index < -0.39 is 0 Å². The van der Waals surface area contributed by atoms with Gasteiger partial charge in [0.15, 0.2) is 0 Å². The third-order valence-corrected chi connectivity index (χ3v) is 6.98. The predicted octanol–water partition coefficient (Wildman–Crippen LogP) is 1.03. The SMILES string of the molecule is Cc1nn(C)c(C)c1CCNC(=O)CN1CC2CC(C1)[C@H]1CCCC(=O)N1C2. The average molecular weight is 388 g/mol. The molecule has 1 aromatic heterocycles. The fraction of sp³-hybridized carbons (Fsp3) is 0.762. The van der Waals surface area contributed by atoms with Gasteiger partial charge in [-0.15, -0.1) is 0 Å². The molecular weight excluding hydrogens is 354 g/mol. The molecule has 3 saturated heterocycles. The predicted molar refractivity (Wildman–Crippen MR) is 107 cm³/mol. The normalized spacial score (nSPS) is 27.6. The van der Waals surface area contributed by atoms with Crippen molar-refractivity contribution in [2.75, 3.05) is 32.7 Å². The molecule has 2 bridgehead atoms. The first-order valence-corrected chi connectivity index (χ1v) is 10.7. The molecule has 0 saturated carbocycles. The molecule has 3 aliphatic rings. The Morgan fingerprint density at radius 2 is 2.07 bits per heavy atom. The van der Waals surface area contributed by atoms with Gasteiger partial charge < -0.3 is 10.2 Å². The van der Waals surface area contributed by atoms with E-state index in [4.69, 9.17) is 0 Å². The molecule has 154 valence electrons. The van der Waals surface area contributed by atoms with Crippen LogP contribution in [0.25, 0.3) is 0 Å². The molecule has 4 heterocycles. The van der Waals surface area contributed by atoms with E-state index in [1.165, 1.54) is 17.7 Å². The second-order valence-electron chi connectivity index (χ2n) is 8.93. The maximum Gasteiger partial charge on any atom is 0.234 e. The van der Waals surface area contributed by atoms with Gasteiger partial charge in [0.2, 0.25) is 11.8 Å². The van der Waals surface area contributed by atoms with Crippen molar-refractivity contribution in [3.05, 3.63) is 17.0 Å². The number of rotatable bonds is 5. The number of piperidine rings is 3. The zero-order valence-electron chi connectivity index (χ0n) is 17.4. The van der Waals surface area contributed by atoms with Crippen molar-refractivity contribution in [3.63, 3.8) is 0 Å². The molecule has 2 unspecified atom stereocenters. The highest BCUT2D eigenvalue weighted by Crippen LogP contribution is 2.37. The summed E-state index contributed by atoms with van der Waals surface area (Å²) >= 11 is 0. The largest absolute Gasteiger partial charge is 0.355 e. The molecular formula is C21H33N5O2. The summed E-state index contributed by atoms with van der Waals surface area (Å²) < 4.78 is 1.90.